The van der Waals surface area contributed by atoms with Gasteiger partial charge in [-0.15, -0.1) is 0 Å². The van der Waals surface area contributed by atoms with Crippen LogP contribution in [0.4, 0.5) is 4.39 Å². The van der Waals surface area contributed by atoms with Crippen LogP contribution in [-0.4, -0.2) is 18.2 Å². The van der Waals surface area contributed by atoms with E-state index in [4.69, 9.17) is 9.84 Å². The van der Waals surface area contributed by atoms with Crippen molar-refractivity contribution in [2.75, 3.05) is 7.11 Å². The molecule has 1 rings (SSSR count). The highest BCUT2D eigenvalue weighted by atomic mass is 19.1. The van der Waals surface area contributed by atoms with Crippen LogP contribution in [0.15, 0.2) is 12.1 Å². The largest absolute Gasteiger partial charge is 0.494 e. The molecule has 0 saturated carbocycles. The monoisotopic (exact) mass is 226 g/mol. The van der Waals surface area contributed by atoms with E-state index in [2.05, 4.69) is 0 Å². The first-order valence-corrected chi connectivity index (χ1v) is 5.01. The molecule has 0 aliphatic rings. The summed E-state index contributed by atoms with van der Waals surface area (Å²) in [7, 11) is 1.40. The SMILES string of the molecule is COc1cc(C)c(CC(C)C(=O)O)cc1F. The predicted molar refractivity (Wildman–Crippen MR) is 58.2 cm³/mol. The number of rotatable bonds is 4. The maximum Gasteiger partial charge on any atom is 0.306 e. The Morgan fingerprint density at radius 2 is 2.19 bits per heavy atom. The molecule has 0 fully saturated rings. The number of aliphatic carboxylic acids is 1. The lowest BCUT2D eigenvalue weighted by molar-refractivity contribution is -0.141. The van der Waals surface area contributed by atoms with Gasteiger partial charge in [0.1, 0.15) is 0 Å². The average molecular weight is 226 g/mol. The Morgan fingerprint density at radius 1 is 1.56 bits per heavy atom. The number of carbonyl (C=O) groups is 1. The average Bonchev–Trinajstić information content (AvgIpc) is 2.22. The topological polar surface area (TPSA) is 46.5 Å². The van der Waals surface area contributed by atoms with E-state index < -0.39 is 17.7 Å². The molecule has 16 heavy (non-hydrogen) atoms. The molecule has 3 nitrogen and oxygen atoms in total. The molecule has 1 N–H and O–H groups in total. The van der Waals surface area contributed by atoms with Crippen LogP contribution in [0.3, 0.4) is 0 Å². The number of hydrogen-bond acceptors (Lipinski definition) is 2. The molecule has 0 aliphatic carbocycles. The smallest absolute Gasteiger partial charge is 0.306 e. The van der Waals surface area contributed by atoms with E-state index in [-0.39, 0.29) is 5.75 Å². The summed E-state index contributed by atoms with van der Waals surface area (Å²) in [6, 6.07) is 2.92. The van der Waals surface area contributed by atoms with Crippen LogP contribution in [0.5, 0.6) is 5.75 Å². The first-order valence-electron chi connectivity index (χ1n) is 5.01. The van der Waals surface area contributed by atoms with Crippen LogP contribution in [0.25, 0.3) is 0 Å². The van der Waals surface area contributed by atoms with E-state index in [1.807, 2.05) is 6.92 Å². The molecule has 1 unspecified atom stereocenters. The van der Waals surface area contributed by atoms with Crippen molar-refractivity contribution in [3.8, 4) is 5.75 Å². The fraction of sp³-hybridized carbons (Fsp3) is 0.417. The fourth-order valence-electron chi connectivity index (χ4n) is 1.49. The van der Waals surface area contributed by atoms with Crippen LogP contribution in [-0.2, 0) is 11.2 Å². The Bertz CT molecular complexity index is 401. The third-order valence-electron chi connectivity index (χ3n) is 2.56. The molecule has 0 aromatic heterocycles. The second kappa shape index (κ2) is 4.96. The number of ether oxygens (including phenoxy) is 1. The third-order valence-corrected chi connectivity index (χ3v) is 2.56. The number of carboxylic acid groups (broad SMARTS) is 1. The molecule has 1 aromatic carbocycles. The number of hydrogen-bond donors (Lipinski definition) is 1. The van der Waals surface area contributed by atoms with Gasteiger partial charge in [0.05, 0.1) is 13.0 Å². The van der Waals surface area contributed by atoms with Crippen molar-refractivity contribution < 1.29 is 19.0 Å². The summed E-state index contributed by atoms with van der Waals surface area (Å²) in [5.41, 5.74) is 1.54. The summed E-state index contributed by atoms with van der Waals surface area (Å²) in [6.45, 7) is 3.41. The van der Waals surface area contributed by atoms with Crippen molar-refractivity contribution in [2.45, 2.75) is 20.3 Å². The van der Waals surface area contributed by atoms with Gasteiger partial charge in [-0.2, -0.15) is 0 Å². The molecule has 4 heteroatoms. The van der Waals surface area contributed by atoms with Gasteiger partial charge >= 0.3 is 5.97 Å². The first kappa shape index (κ1) is 12.5. The zero-order valence-corrected chi connectivity index (χ0v) is 9.58. The molecule has 0 saturated heterocycles. The maximum absolute atomic E-state index is 13.4. The molecule has 0 aliphatic heterocycles. The highest BCUT2D eigenvalue weighted by molar-refractivity contribution is 5.70. The van der Waals surface area contributed by atoms with E-state index in [0.29, 0.717) is 12.0 Å². The van der Waals surface area contributed by atoms with Crippen LogP contribution >= 0.6 is 0 Å². The van der Waals surface area contributed by atoms with E-state index in [9.17, 15) is 9.18 Å². The molecule has 0 bridgehead atoms. The molecule has 0 radical (unpaired) electrons. The van der Waals surface area contributed by atoms with Gasteiger partial charge in [0, 0.05) is 0 Å². The molecular weight excluding hydrogens is 211 g/mol. The zero-order valence-electron chi connectivity index (χ0n) is 9.58. The minimum Gasteiger partial charge on any atom is -0.494 e. The number of benzene rings is 1. The summed E-state index contributed by atoms with van der Waals surface area (Å²) < 4.78 is 18.3. The van der Waals surface area contributed by atoms with E-state index in [0.717, 1.165) is 5.56 Å². The summed E-state index contributed by atoms with van der Waals surface area (Å²) in [5.74, 6) is -1.67. The normalized spacial score (nSPS) is 12.2. The van der Waals surface area contributed by atoms with E-state index in [1.54, 1.807) is 13.0 Å². The van der Waals surface area contributed by atoms with Crippen molar-refractivity contribution in [1.82, 2.24) is 0 Å². The summed E-state index contributed by atoms with van der Waals surface area (Å²) in [5, 5.41) is 8.79. The quantitative estimate of drug-likeness (QED) is 0.857. The predicted octanol–water partition coefficient (Wildman–Crippen LogP) is 2.41. The molecule has 0 spiro atoms. The van der Waals surface area contributed by atoms with Crippen LogP contribution in [0.2, 0.25) is 0 Å². The van der Waals surface area contributed by atoms with Crippen molar-refractivity contribution >= 4 is 5.97 Å². The van der Waals surface area contributed by atoms with Crippen LogP contribution < -0.4 is 4.74 Å². The second-order valence-electron chi connectivity index (χ2n) is 3.86. The second-order valence-corrected chi connectivity index (χ2v) is 3.86. The Labute approximate surface area is 93.9 Å². The fourth-order valence-corrected chi connectivity index (χ4v) is 1.49. The summed E-state index contributed by atoms with van der Waals surface area (Å²) in [6.07, 6.45) is 0.322. The summed E-state index contributed by atoms with van der Waals surface area (Å²) in [4.78, 5) is 10.7. The Kier molecular flexibility index (Phi) is 3.88. The number of carboxylic acids is 1. The standard InChI is InChI=1S/C12H15FO3/c1-7-5-11(16-3)10(13)6-9(7)4-8(2)12(14)15/h5-6,8H,4H2,1-3H3,(H,14,15). The zero-order chi connectivity index (χ0) is 12.3. The molecule has 1 aromatic rings. The number of aryl methyl sites for hydroxylation is 1. The minimum atomic E-state index is -0.879. The van der Waals surface area contributed by atoms with Gasteiger partial charge in [-0.1, -0.05) is 6.92 Å². The van der Waals surface area contributed by atoms with Crippen molar-refractivity contribution in [2.24, 2.45) is 5.92 Å². The van der Waals surface area contributed by atoms with Gasteiger partial charge < -0.3 is 9.84 Å². The Morgan fingerprint density at radius 3 is 2.69 bits per heavy atom. The van der Waals surface area contributed by atoms with Crippen LogP contribution in [0.1, 0.15) is 18.1 Å². The van der Waals surface area contributed by atoms with Crippen molar-refractivity contribution in [1.29, 1.82) is 0 Å². The van der Waals surface area contributed by atoms with Gasteiger partial charge in [-0.25, -0.2) is 4.39 Å². The Balaban J connectivity index is 2.98. The molecule has 0 amide bonds. The van der Waals surface area contributed by atoms with Crippen LogP contribution in [0, 0.1) is 18.7 Å². The maximum atomic E-state index is 13.4. The highest BCUT2D eigenvalue weighted by Crippen LogP contribution is 2.23. The van der Waals surface area contributed by atoms with Gasteiger partial charge in [-0.05, 0) is 36.6 Å². The third kappa shape index (κ3) is 2.72. The van der Waals surface area contributed by atoms with Crippen molar-refractivity contribution in [3.63, 3.8) is 0 Å². The summed E-state index contributed by atoms with van der Waals surface area (Å²) >= 11 is 0. The molecule has 0 heterocycles. The van der Waals surface area contributed by atoms with Gasteiger partial charge in [0.25, 0.3) is 0 Å². The lowest BCUT2D eigenvalue weighted by Gasteiger charge is -2.11. The van der Waals surface area contributed by atoms with E-state index >= 15 is 0 Å². The van der Waals surface area contributed by atoms with E-state index in [1.165, 1.54) is 13.2 Å². The van der Waals surface area contributed by atoms with Gasteiger partial charge in [0.15, 0.2) is 11.6 Å². The number of methoxy groups -OCH3 is 1. The van der Waals surface area contributed by atoms with Gasteiger partial charge in [-0.3, -0.25) is 4.79 Å². The molecular formula is C12H15FO3. The minimum absolute atomic E-state index is 0.184. The first-order chi connectivity index (χ1) is 7.45. The number of halogens is 1. The Hall–Kier alpha value is -1.58. The highest BCUT2D eigenvalue weighted by Gasteiger charge is 2.15. The molecule has 1 atom stereocenters. The van der Waals surface area contributed by atoms with Gasteiger partial charge in [0.2, 0.25) is 0 Å². The lowest BCUT2D eigenvalue weighted by Crippen LogP contribution is -2.13. The molecule has 88 valence electrons. The lowest BCUT2D eigenvalue weighted by atomic mass is 9.97. The van der Waals surface area contributed by atoms with Crippen molar-refractivity contribution in [3.05, 3.63) is 29.1 Å².